The molecule has 134 valence electrons. The number of rotatable bonds is 6. The van der Waals surface area contributed by atoms with Crippen molar-refractivity contribution in [1.82, 2.24) is 9.62 Å². The smallest absolute Gasteiger partial charge is 0.211 e. The van der Waals surface area contributed by atoms with Crippen molar-refractivity contribution in [3.8, 4) is 0 Å². The third kappa shape index (κ3) is 4.29. The zero-order chi connectivity index (χ0) is 17.2. The first-order valence-electron chi connectivity index (χ1n) is 8.48. The minimum absolute atomic E-state index is 0.0403. The third-order valence-corrected chi connectivity index (χ3v) is 6.72. The summed E-state index contributed by atoms with van der Waals surface area (Å²) < 4.78 is 31.8. The summed E-state index contributed by atoms with van der Waals surface area (Å²) in [5.41, 5.74) is 1.11. The average Bonchev–Trinajstić information content (AvgIpc) is 2.55. The van der Waals surface area contributed by atoms with Gasteiger partial charge in [-0.05, 0) is 37.3 Å². The van der Waals surface area contributed by atoms with Gasteiger partial charge in [0.1, 0.15) is 0 Å². The summed E-state index contributed by atoms with van der Waals surface area (Å²) in [5.74, 6) is 0.399. The molecule has 2 aliphatic heterocycles. The summed E-state index contributed by atoms with van der Waals surface area (Å²) in [6.45, 7) is 5.46. The average molecular weight is 373 g/mol. The lowest BCUT2D eigenvalue weighted by Gasteiger charge is -2.53. The van der Waals surface area contributed by atoms with Crippen molar-refractivity contribution >= 4 is 21.6 Å². The maximum Gasteiger partial charge on any atom is 0.211 e. The molecule has 0 saturated carbocycles. The van der Waals surface area contributed by atoms with Crippen molar-refractivity contribution in [2.45, 2.75) is 31.9 Å². The van der Waals surface area contributed by atoms with Gasteiger partial charge >= 0.3 is 0 Å². The SMILES string of the molecule is CCS(=O)(=O)NC[C@@H]1CCC2(CN(Cc3ccccc3Cl)C2)OC1. The van der Waals surface area contributed by atoms with Crippen LogP contribution in [0, 0.1) is 5.92 Å². The number of likely N-dealkylation sites (tertiary alicyclic amines) is 1. The number of nitrogens with one attached hydrogen (secondary N) is 1. The van der Waals surface area contributed by atoms with Crippen LogP contribution in [-0.4, -0.2) is 50.9 Å². The van der Waals surface area contributed by atoms with Gasteiger partial charge in [-0.2, -0.15) is 0 Å². The van der Waals surface area contributed by atoms with Gasteiger partial charge in [0.05, 0.1) is 18.0 Å². The lowest BCUT2D eigenvalue weighted by Crippen LogP contribution is -2.64. The summed E-state index contributed by atoms with van der Waals surface area (Å²) >= 11 is 6.22. The van der Waals surface area contributed by atoms with E-state index in [0.29, 0.717) is 13.2 Å². The first kappa shape index (κ1) is 18.1. The quantitative estimate of drug-likeness (QED) is 0.832. The number of hydrogen-bond acceptors (Lipinski definition) is 4. The molecule has 7 heteroatoms. The molecule has 5 nitrogen and oxygen atoms in total. The first-order valence-corrected chi connectivity index (χ1v) is 10.5. The van der Waals surface area contributed by atoms with E-state index in [4.69, 9.17) is 16.3 Å². The molecule has 2 saturated heterocycles. The molecule has 0 aliphatic carbocycles. The van der Waals surface area contributed by atoms with E-state index in [-0.39, 0.29) is 17.3 Å². The molecule has 0 unspecified atom stereocenters. The molecule has 1 aromatic carbocycles. The maximum absolute atomic E-state index is 11.5. The maximum atomic E-state index is 11.5. The van der Waals surface area contributed by atoms with Crippen LogP contribution in [0.3, 0.4) is 0 Å². The van der Waals surface area contributed by atoms with Crippen molar-refractivity contribution in [1.29, 1.82) is 0 Å². The number of halogens is 1. The molecule has 0 amide bonds. The van der Waals surface area contributed by atoms with E-state index >= 15 is 0 Å². The highest BCUT2D eigenvalue weighted by molar-refractivity contribution is 7.89. The van der Waals surface area contributed by atoms with Crippen LogP contribution in [0.25, 0.3) is 0 Å². The Hall–Kier alpha value is -0.660. The Labute approximate surface area is 149 Å². The third-order valence-electron chi connectivity index (χ3n) is 4.98. The second-order valence-electron chi connectivity index (χ2n) is 6.89. The highest BCUT2D eigenvalue weighted by Gasteiger charge is 2.46. The van der Waals surface area contributed by atoms with Crippen LogP contribution in [0.4, 0.5) is 0 Å². The van der Waals surface area contributed by atoms with Crippen LogP contribution in [0.1, 0.15) is 25.3 Å². The Kier molecular flexibility index (Phi) is 5.52. The van der Waals surface area contributed by atoms with Gasteiger partial charge in [-0.15, -0.1) is 0 Å². The van der Waals surface area contributed by atoms with Gasteiger partial charge in [-0.1, -0.05) is 29.8 Å². The van der Waals surface area contributed by atoms with Gasteiger partial charge in [0, 0.05) is 31.2 Å². The van der Waals surface area contributed by atoms with Gasteiger partial charge in [0.25, 0.3) is 0 Å². The molecule has 2 heterocycles. The second-order valence-corrected chi connectivity index (χ2v) is 9.39. The Balaban J connectivity index is 1.43. The van der Waals surface area contributed by atoms with Crippen LogP contribution in [0.15, 0.2) is 24.3 Å². The van der Waals surface area contributed by atoms with E-state index in [2.05, 4.69) is 15.7 Å². The van der Waals surface area contributed by atoms with Gasteiger partial charge in [-0.3, -0.25) is 4.90 Å². The Morgan fingerprint density at radius 2 is 2.12 bits per heavy atom. The largest absolute Gasteiger partial charge is 0.372 e. The fourth-order valence-corrected chi connectivity index (χ4v) is 4.31. The molecule has 0 radical (unpaired) electrons. The van der Waals surface area contributed by atoms with Crippen LogP contribution in [0.5, 0.6) is 0 Å². The Morgan fingerprint density at radius 3 is 2.75 bits per heavy atom. The zero-order valence-electron chi connectivity index (χ0n) is 14.0. The molecule has 0 aromatic heterocycles. The van der Waals surface area contributed by atoms with Gasteiger partial charge in [0.15, 0.2) is 0 Å². The molecule has 2 aliphatic rings. The molecule has 0 bridgehead atoms. The predicted octanol–water partition coefficient (Wildman–Crippen LogP) is 2.26. The fourth-order valence-electron chi connectivity index (χ4n) is 3.42. The minimum atomic E-state index is -3.11. The van der Waals surface area contributed by atoms with E-state index in [9.17, 15) is 8.42 Å². The Morgan fingerprint density at radius 1 is 1.38 bits per heavy atom. The molecular weight excluding hydrogens is 348 g/mol. The molecule has 3 rings (SSSR count). The molecule has 1 aromatic rings. The van der Waals surface area contributed by atoms with Crippen molar-refractivity contribution in [3.05, 3.63) is 34.9 Å². The summed E-state index contributed by atoms with van der Waals surface area (Å²) in [7, 11) is -3.11. The van der Waals surface area contributed by atoms with Crippen LogP contribution in [-0.2, 0) is 21.3 Å². The number of sulfonamides is 1. The highest BCUT2D eigenvalue weighted by atomic mass is 35.5. The minimum Gasteiger partial charge on any atom is -0.372 e. The van der Waals surface area contributed by atoms with Crippen LogP contribution < -0.4 is 4.72 Å². The molecule has 24 heavy (non-hydrogen) atoms. The molecule has 2 fully saturated rings. The van der Waals surface area contributed by atoms with Crippen molar-refractivity contribution in [3.63, 3.8) is 0 Å². The van der Waals surface area contributed by atoms with Gasteiger partial charge in [0.2, 0.25) is 10.0 Å². The Bertz CT molecular complexity index is 664. The monoisotopic (exact) mass is 372 g/mol. The lowest BCUT2D eigenvalue weighted by atomic mass is 9.83. The topological polar surface area (TPSA) is 58.6 Å². The first-order chi connectivity index (χ1) is 11.4. The second kappa shape index (κ2) is 7.30. The number of benzene rings is 1. The molecule has 1 atom stereocenters. The van der Waals surface area contributed by atoms with E-state index in [1.54, 1.807) is 6.92 Å². The van der Waals surface area contributed by atoms with Crippen molar-refractivity contribution in [2.75, 3.05) is 32.0 Å². The summed E-state index contributed by atoms with van der Waals surface area (Å²) in [4.78, 5) is 2.35. The lowest BCUT2D eigenvalue weighted by molar-refractivity contribution is -0.181. The predicted molar refractivity (Wildman–Crippen MR) is 95.6 cm³/mol. The van der Waals surface area contributed by atoms with Crippen molar-refractivity contribution < 1.29 is 13.2 Å². The van der Waals surface area contributed by atoms with Crippen LogP contribution in [0.2, 0.25) is 5.02 Å². The molecule has 1 N–H and O–H groups in total. The summed E-state index contributed by atoms with van der Waals surface area (Å²) in [6, 6.07) is 7.94. The van der Waals surface area contributed by atoms with E-state index in [1.165, 1.54) is 0 Å². The zero-order valence-corrected chi connectivity index (χ0v) is 15.6. The normalized spacial score (nSPS) is 24.0. The number of hydrogen-bond donors (Lipinski definition) is 1. The van der Waals surface area contributed by atoms with E-state index in [1.807, 2.05) is 18.2 Å². The molecule has 1 spiro atoms. The van der Waals surface area contributed by atoms with E-state index < -0.39 is 10.0 Å². The van der Waals surface area contributed by atoms with Crippen LogP contribution >= 0.6 is 11.6 Å². The number of ether oxygens (including phenoxy) is 1. The van der Waals surface area contributed by atoms with Gasteiger partial charge in [-0.25, -0.2) is 13.1 Å². The fraction of sp³-hybridized carbons (Fsp3) is 0.647. The highest BCUT2D eigenvalue weighted by Crippen LogP contribution is 2.37. The summed E-state index contributed by atoms with van der Waals surface area (Å²) in [5, 5.41) is 0.811. The van der Waals surface area contributed by atoms with Gasteiger partial charge < -0.3 is 4.74 Å². The molecular formula is C17H25ClN2O3S. The standard InChI is InChI=1S/C17H25ClN2O3S/c1-2-24(21,22)19-9-14-7-8-17(23-11-14)12-20(13-17)10-15-5-3-4-6-16(15)18/h3-6,14,19H,2,7-13H2,1H3/t14-/m0/s1. The van der Waals surface area contributed by atoms with Crippen molar-refractivity contribution in [2.24, 2.45) is 5.92 Å². The van der Waals surface area contributed by atoms with E-state index in [0.717, 1.165) is 43.1 Å². The number of nitrogens with zero attached hydrogens (tertiary/aromatic N) is 1. The summed E-state index contributed by atoms with van der Waals surface area (Å²) in [6.07, 6.45) is 2.00.